The minimum Gasteiger partial charge on any atom is -0.379 e. The summed E-state index contributed by atoms with van der Waals surface area (Å²) in [6, 6.07) is 5.43. The van der Waals surface area contributed by atoms with Gasteiger partial charge < -0.3 is 20.1 Å². The number of urea groups is 1. The van der Waals surface area contributed by atoms with Crippen molar-refractivity contribution in [2.24, 2.45) is 0 Å². The third kappa shape index (κ3) is 6.10. The van der Waals surface area contributed by atoms with Crippen LogP contribution in [0.4, 0.5) is 14.9 Å². The van der Waals surface area contributed by atoms with Crippen LogP contribution in [-0.2, 0) is 9.47 Å². The first-order valence-electron chi connectivity index (χ1n) is 7.24. The van der Waals surface area contributed by atoms with Crippen molar-refractivity contribution in [3.05, 3.63) is 30.1 Å². The summed E-state index contributed by atoms with van der Waals surface area (Å²) >= 11 is 0. The van der Waals surface area contributed by atoms with Crippen LogP contribution >= 0.6 is 0 Å². The monoisotopic (exact) mass is 296 g/mol. The van der Waals surface area contributed by atoms with E-state index in [1.54, 1.807) is 12.1 Å². The van der Waals surface area contributed by atoms with Crippen LogP contribution in [0.2, 0.25) is 0 Å². The van der Waals surface area contributed by atoms with Crippen LogP contribution in [0.25, 0.3) is 0 Å². The summed E-state index contributed by atoms with van der Waals surface area (Å²) in [6.45, 7) is 2.54. The van der Waals surface area contributed by atoms with E-state index in [0.717, 1.165) is 25.9 Å². The lowest BCUT2D eigenvalue weighted by atomic mass is 10.2. The molecule has 1 heterocycles. The summed E-state index contributed by atoms with van der Waals surface area (Å²) in [5.74, 6) is -0.379. The lowest BCUT2D eigenvalue weighted by molar-refractivity contribution is 0.0168. The fourth-order valence-electron chi connectivity index (χ4n) is 2.11. The number of benzene rings is 1. The van der Waals surface area contributed by atoms with Gasteiger partial charge in [0.2, 0.25) is 0 Å². The molecule has 1 aliphatic rings. The second-order valence-corrected chi connectivity index (χ2v) is 4.95. The molecule has 2 amide bonds. The molecule has 116 valence electrons. The van der Waals surface area contributed by atoms with Crippen LogP contribution in [0.1, 0.15) is 19.3 Å². The van der Waals surface area contributed by atoms with Crippen LogP contribution in [-0.4, -0.2) is 38.5 Å². The zero-order valence-electron chi connectivity index (χ0n) is 11.9. The highest BCUT2D eigenvalue weighted by molar-refractivity contribution is 5.89. The van der Waals surface area contributed by atoms with Crippen molar-refractivity contribution in [3.8, 4) is 0 Å². The van der Waals surface area contributed by atoms with Crippen molar-refractivity contribution in [1.82, 2.24) is 5.32 Å². The van der Waals surface area contributed by atoms with Crippen molar-refractivity contribution in [3.63, 3.8) is 0 Å². The van der Waals surface area contributed by atoms with E-state index in [1.165, 1.54) is 12.1 Å². The fourth-order valence-corrected chi connectivity index (χ4v) is 2.11. The van der Waals surface area contributed by atoms with E-state index in [2.05, 4.69) is 10.6 Å². The second-order valence-electron chi connectivity index (χ2n) is 4.95. The van der Waals surface area contributed by atoms with Gasteiger partial charge in [-0.15, -0.1) is 0 Å². The highest BCUT2D eigenvalue weighted by Gasteiger charge is 2.14. The Kier molecular flexibility index (Phi) is 6.43. The highest BCUT2D eigenvalue weighted by atomic mass is 19.1. The van der Waals surface area contributed by atoms with Gasteiger partial charge in [-0.25, -0.2) is 9.18 Å². The highest BCUT2D eigenvalue weighted by Crippen LogP contribution is 2.12. The second kappa shape index (κ2) is 8.59. The van der Waals surface area contributed by atoms with Gasteiger partial charge in [-0.05, 0) is 37.5 Å². The van der Waals surface area contributed by atoms with E-state index in [-0.39, 0.29) is 18.0 Å². The Hall–Kier alpha value is -1.66. The van der Waals surface area contributed by atoms with Crippen molar-refractivity contribution >= 4 is 11.7 Å². The number of nitrogens with one attached hydrogen (secondary N) is 2. The predicted octanol–water partition coefficient (Wildman–Crippen LogP) is 2.53. The van der Waals surface area contributed by atoms with Gasteiger partial charge in [-0.3, -0.25) is 0 Å². The smallest absolute Gasteiger partial charge is 0.319 e. The van der Waals surface area contributed by atoms with E-state index in [0.29, 0.717) is 25.4 Å². The minimum atomic E-state index is -0.379. The maximum atomic E-state index is 12.9. The van der Waals surface area contributed by atoms with Crippen molar-refractivity contribution < 1.29 is 18.7 Å². The van der Waals surface area contributed by atoms with Gasteiger partial charge >= 0.3 is 6.03 Å². The van der Waals surface area contributed by atoms with Crippen LogP contribution in [0, 0.1) is 5.82 Å². The molecule has 6 heteroatoms. The van der Waals surface area contributed by atoms with Crippen molar-refractivity contribution in [1.29, 1.82) is 0 Å². The number of amides is 2. The van der Waals surface area contributed by atoms with Gasteiger partial charge in [0.25, 0.3) is 0 Å². The predicted molar refractivity (Wildman–Crippen MR) is 77.8 cm³/mol. The number of anilines is 1. The average molecular weight is 296 g/mol. The third-order valence-corrected chi connectivity index (χ3v) is 3.16. The summed E-state index contributed by atoms with van der Waals surface area (Å²) in [5.41, 5.74) is 0.433. The largest absolute Gasteiger partial charge is 0.379 e. The van der Waals surface area contributed by atoms with Crippen LogP contribution in [0.5, 0.6) is 0 Å². The molecule has 0 aromatic heterocycles. The molecular formula is C15H21FN2O3. The Morgan fingerprint density at radius 2 is 2.38 bits per heavy atom. The molecule has 0 spiro atoms. The molecule has 0 radical (unpaired) electrons. The van der Waals surface area contributed by atoms with E-state index >= 15 is 0 Å². The number of hydrogen-bond donors (Lipinski definition) is 2. The van der Waals surface area contributed by atoms with Crippen LogP contribution in [0.15, 0.2) is 24.3 Å². The molecular weight excluding hydrogens is 275 g/mol. The molecule has 1 aromatic carbocycles. The van der Waals surface area contributed by atoms with E-state index in [9.17, 15) is 9.18 Å². The molecule has 0 saturated carbocycles. The maximum absolute atomic E-state index is 12.9. The zero-order chi connectivity index (χ0) is 14.9. The van der Waals surface area contributed by atoms with Gasteiger partial charge in [0.15, 0.2) is 0 Å². The maximum Gasteiger partial charge on any atom is 0.319 e. The van der Waals surface area contributed by atoms with E-state index in [1.807, 2.05) is 0 Å². The lowest BCUT2D eigenvalue weighted by Gasteiger charge is -2.10. The first kappa shape index (κ1) is 15.7. The molecule has 2 rings (SSSR count). The molecule has 1 aromatic rings. The third-order valence-electron chi connectivity index (χ3n) is 3.16. The first-order valence-corrected chi connectivity index (χ1v) is 7.24. The Morgan fingerprint density at radius 3 is 3.14 bits per heavy atom. The summed E-state index contributed by atoms with van der Waals surface area (Å²) in [5, 5.41) is 5.26. The Labute approximate surface area is 123 Å². The first-order chi connectivity index (χ1) is 10.2. The number of carbonyl (C=O) groups excluding carboxylic acids is 1. The Bertz CT molecular complexity index is 450. The van der Waals surface area contributed by atoms with Gasteiger partial charge in [-0.1, -0.05) is 6.07 Å². The Balaban J connectivity index is 1.51. The molecule has 0 aliphatic carbocycles. The summed E-state index contributed by atoms with van der Waals surface area (Å²) in [7, 11) is 0. The van der Waals surface area contributed by atoms with Crippen LogP contribution < -0.4 is 10.6 Å². The summed E-state index contributed by atoms with van der Waals surface area (Å²) in [6.07, 6.45) is 3.13. The number of rotatable bonds is 7. The molecule has 1 unspecified atom stereocenters. The van der Waals surface area contributed by atoms with Crippen LogP contribution in [0.3, 0.4) is 0 Å². The van der Waals surface area contributed by atoms with Gasteiger partial charge in [0.05, 0.1) is 12.7 Å². The minimum absolute atomic E-state index is 0.231. The quantitative estimate of drug-likeness (QED) is 0.760. The normalized spacial score (nSPS) is 17.7. The number of ether oxygens (including phenoxy) is 2. The summed E-state index contributed by atoms with van der Waals surface area (Å²) < 4.78 is 23.9. The molecule has 2 N–H and O–H groups in total. The summed E-state index contributed by atoms with van der Waals surface area (Å²) in [4.78, 5) is 11.6. The number of halogens is 1. The van der Waals surface area contributed by atoms with Gasteiger partial charge in [-0.2, -0.15) is 0 Å². The van der Waals surface area contributed by atoms with Gasteiger partial charge in [0.1, 0.15) is 5.82 Å². The van der Waals surface area contributed by atoms with Crippen molar-refractivity contribution in [2.45, 2.75) is 25.4 Å². The SMILES string of the molecule is O=C(NCCCOCC1CCCO1)Nc1cccc(F)c1. The lowest BCUT2D eigenvalue weighted by Crippen LogP contribution is -2.30. The molecule has 1 fully saturated rings. The van der Waals surface area contributed by atoms with Crippen molar-refractivity contribution in [2.75, 3.05) is 31.7 Å². The molecule has 0 bridgehead atoms. The van der Waals surface area contributed by atoms with E-state index in [4.69, 9.17) is 9.47 Å². The fraction of sp³-hybridized carbons (Fsp3) is 0.533. The van der Waals surface area contributed by atoms with E-state index < -0.39 is 0 Å². The zero-order valence-corrected chi connectivity index (χ0v) is 11.9. The molecule has 5 nitrogen and oxygen atoms in total. The number of carbonyl (C=O) groups is 1. The van der Waals surface area contributed by atoms with Gasteiger partial charge in [0, 0.05) is 25.4 Å². The molecule has 1 atom stereocenters. The Morgan fingerprint density at radius 1 is 1.48 bits per heavy atom. The molecule has 21 heavy (non-hydrogen) atoms. The number of hydrogen-bond acceptors (Lipinski definition) is 3. The molecule has 1 aliphatic heterocycles. The molecule has 1 saturated heterocycles. The topological polar surface area (TPSA) is 59.6 Å². The standard InChI is InChI=1S/C15H21FN2O3/c16-12-4-1-5-13(10-12)18-15(19)17-7-3-8-20-11-14-6-2-9-21-14/h1,4-5,10,14H,2-3,6-9,11H2,(H2,17,18,19). The average Bonchev–Trinajstić information content (AvgIpc) is 2.96.